The van der Waals surface area contributed by atoms with Gasteiger partial charge in [-0.2, -0.15) is 0 Å². The zero-order valence-electron chi connectivity index (χ0n) is 10.8. The molecule has 0 spiro atoms. The van der Waals surface area contributed by atoms with Gasteiger partial charge in [0.2, 0.25) is 0 Å². The predicted octanol–water partition coefficient (Wildman–Crippen LogP) is 1.80. The Balaban J connectivity index is 2.08. The number of aromatic hydroxyl groups is 2. The van der Waals surface area contributed by atoms with Crippen LogP contribution in [-0.2, 0) is 6.54 Å². The van der Waals surface area contributed by atoms with Crippen molar-refractivity contribution in [1.82, 2.24) is 4.90 Å². The summed E-state index contributed by atoms with van der Waals surface area (Å²) in [5.74, 6) is -0.122. The van der Waals surface area contributed by atoms with Crippen LogP contribution in [0.2, 0.25) is 0 Å². The molecule has 0 radical (unpaired) electrons. The Labute approximate surface area is 108 Å². The molecule has 0 saturated carbocycles. The van der Waals surface area contributed by atoms with E-state index in [0.717, 1.165) is 25.1 Å². The molecule has 18 heavy (non-hydrogen) atoms. The summed E-state index contributed by atoms with van der Waals surface area (Å²) >= 11 is 0. The number of hydrogen-bond donors (Lipinski definition) is 3. The van der Waals surface area contributed by atoms with Gasteiger partial charge in [-0.1, -0.05) is 12.5 Å². The third-order valence-corrected chi connectivity index (χ3v) is 3.70. The van der Waals surface area contributed by atoms with Crippen LogP contribution in [-0.4, -0.2) is 33.7 Å². The van der Waals surface area contributed by atoms with Crippen molar-refractivity contribution in [2.75, 3.05) is 6.54 Å². The van der Waals surface area contributed by atoms with E-state index in [9.17, 15) is 10.2 Å². The third kappa shape index (κ3) is 2.94. The van der Waals surface area contributed by atoms with Crippen molar-refractivity contribution < 1.29 is 10.2 Å². The molecule has 0 bridgehead atoms. The minimum absolute atomic E-state index is 0.0538. The topological polar surface area (TPSA) is 69.7 Å². The molecule has 2 atom stereocenters. The molecule has 1 heterocycles. The number of piperidine rings is 1. The Bertz CT molecular complexity index is 407. The SMILES string of the molecule is CC(N)C1CCCCN1Cc1ccc(O)c(O)c1. The summed E-state index contributed by atoms with van der Waals surface area (Å²) in [6, 6.07) is 5.59. The maximum Gasteiger partial charge on any atom is 0.157 e. The average Bonchev–Trinajstić information content (AvgIpc) is 2.34. The van der Waals surface area contributed by atoms with Crippen molar-refractivity contribution >= 4 is 0 Å². The summed E-state index contributed by atoms with van der Waals surface area (Å²) in [6.07, 6.45) is 3.58. The molecular weight excluding hydrogens is 228 g/mol. The van der Waals surface area contributed by atoms with Crippen LogP contribution in [0.15, 0.2) is 18.2 Å². The van der Waals surface area contributed by atoms with Crippen LogP contribution in [0.3, 0.4) is 0 Å². The first-order chi connectivity index (χ1) is 8.58. The van der Waals surface area contributed by atoms with E-state index in [-0.39, 0.29) is 17.5 Å². The third-order valence-electron chi connectivity index (χ3n) is 3.70. The van der Waals surface area contributed by atoms with Gasteiger partial charge in [0.05, 0.1) is 0 Å². The van der Waals surface area contributed by atoms with E-state index in [4.69, 9.17) is 5.73 Å². The van der Waals surface area contributed by atoms with Gasteiger partial charge in [-0.25, -0.2) is 0 Å². The van der Waals surface area contributed by atoms with Crippen molar-refractivity contribution in [1.29, 1.82) is 0 Å². The van der Waals surface area contributed by atoms with Crippen LogP contribution in [0.5, 0.6) is 11.5 Å². The van der Waals surface area contributed by atoms with E-state index in [2.05, 4.69) is 11.8 Å². The monoisotopic (exact) mass is 250 g/mol. The second-order valence-corrected chi connectivity index (χ2v) is 5.22. The number of rotatable bonds is 3. The molecule has 1 aromatic rings. The molecule has 0 aliphatic carbocycles. The number of hydrogen-bond acceptors (Lipinski definition) is 4. The normalized spacial score (nSPS) is 22.9. The quantitative estimate of drug-likeness (QED) is 0.715. The fourth-order valence-corrected chi connectivity index (χ4v) is 2.71. The highest BCUT2D eigenvalue weighted by Crippen LogP contribution is 2.27. The van der Waals surface area contributed by atoms with Crippen molar-refractivity contribution in [3.63, 3.8) is 0 Å². The van der Waals surface area contributed by atoms with E-state index >= 15 is 0 Å². The molecule has 4 nitrogen and oxygen atoms in total. The van der Waals surface area contributed by atoms with Crippen molar-refractivity contribution in [3.05, 3.63) is 23.8 Å². The molecule has 1 aliphatic heterocycles. The van der Waals surface area contributed by atoms with Gasteiger partial charge in [0.15, 0.2) is 11.5 Å². The van der Waals surface area contributed by atoms with Crippen molar-refractivity contribution in [2.45, 2.75) is 44.8 Å². The van der Waals surface area contributed by atoms with Gasteiger partial charge >= 0.3 is 0 Å². The maximum absolute atomic E-state index is 9.51. The maximum atomic E-state index is 9.51. The molecule has 0 aromatic heterocycles. The molecule has 2 unspecified atom stereocenters. The van der Waals surface area contributed by atoms with Gasteiger partial charge in [0.25, 0.3) is 0 Å². The van der Waals surface area contributed by atoms with Gasteiger partial charge in [0.1, 0.15) is 0 Å². The van der Waals surface area contributed by atoms with Gasteiger partial charge in [-0.15, -0.1) is 0 Å². The minimum atomic E-state index is -0.0684. The number of benzene rings is 1. The molecule has 2 rings (SSSR count). The molecule has 4 N–H and O–H groups in total. The molecule has 1 aliphatic rings. The summed E-state index contributed by atoms with van der Waals surface area (Å²) in [5.41, 5.74) is 7.05. The number of nitrogens with zero attached hydrogens (tertiary/aromatic N) is 1. The molecule has 1 aromatic carbocycles. The summed E-state index contributed by atoms with van der Waals surface area (Å²) in [5, 5.41) is 18.8. The van der Waals surface area contributed by atoms with Crippen LogP contribution in [0.4, 0.5) is 0 Å². The predicted molar refractivity (Wildman–Crippen MR) is 71.5 cm³/mol. The first-order valence-corrected chi connectivity index (χ1v) is 6.58. The van der Waals surface area contributed by atoms with E-state index < -0.39 is 0 Å². The molecule has 100 valence electrons. The number of likely N-dealkylation sites (tertiary alicyclic amines) is 1. The second kappa shape index (κ2) is 5.59. The average molecular weight is 250 g/mol. The Morgan fingerprint density at radius 2 is 2.11 bits per heavy atom. The standard InChI is InChI=1S/C14H22N2O2/c1-10(15)12-4-2-3-7-16(12)9-11-5-6-13(17)14(18)8-11/h5-6,8,10,12,17-18H,2-4,7,9,15H2,1H3. The van der Waals surface area contributed by atoms with E-state index in [1.165, 1.54) is 18.9 Å². The lowest BCUT2D eigenvalue weighted by Crippen LogP contribution is -2.48. The highest BCUT2D eigenvalue weighted by atomic mass is 16.3. The fourth-order valence-electron chi connectivity index (χ4n) is 2.71. The molecule has 1 saturated heterocycles. The van der Waals surface area contributed by atoms with Gasteiger partial charge in [0, 0.05) is 18.6 Å². The van der Waals surface area contributed by atoms with Crippen LogP contribution < -0.4 is 5.73 Å². The number of nitrogens with two attached hydrogens (primary N) is 1. The zero-order valence-corrected chi connectivity index (χ0v) is 10.8. The molecule has 1 fully saturated rings. The summed E-state index contributed by atoms with van der Waals surface area (Å²) in [6.45, 7) is 3.88. The number of phenols is 2. The highest BCUT2D eigenvalue weighted by molar-refractivity contribution is 5.40. The van der Waals surface area contributed by atoms with Gasteiger partial charge < -0.3 is 15.9 Å². The van der Waals surface area contributed by atoms with Crippen LogP contribution in [0, 0.1) is 0 Å². The molecule has 0 amide bonds. The zero-order chi connectivity index (χ0) is 13.1. The minimum Gasteiger partial charge on any atom is -0.504 e. The first kappa shape index (κ1) is 13.2. The van der Waals surface area contributed by atoms with Crippen LogP contribution in [0.1, 0.15) is 31.7 Å². The summed E-state index contributed by atoms with van der Waals surface area (Å²) < 4.78 is 0. The first-order valence-electron chi connectivity index (χ1n) is 6.58. The second-order valence-electron chi connectivity index (χ2n) is 5.22. The van der Waals surface area contributed by atoms with Crippen LogP contribution >= 0.6 is 0 Å². The van der Waals surface area contributed by atoms with Crippen LogP contribution in [0.25, 0.3) is 0 Å². The Hall–Kier alpha value is -1.26. The summed E-state index contributed by atoms with van der Waals surface area (Å²) in [7, 11) is 0. The van der Waals surface area contributed by atoms with E-state index in [1.807, 2.05) is 6.07 Å². The van der Waals surface area contributed by atoms with Gasteiger partial charge in [-0.3, -0.25) is 4.90 Å². The lowest BCUT2D eigenvalue weighted by Gasteiger charge is -2.38. The number of phenolic OH excluding ortho intramolecular Hbond substituents is 2. The Morgan fingerprint density at radius 1 is 1.33 bits per heavy atom. The molecular formula is C14H22N2O2. The Kier molecular flexibility index (Phi) is 4.09. The van der Waals surface area contributed by atoms with Crippen molar-refractivity contribution in [2.24, 2.45) is 5.73 Å². The Morgan fingerprint density at radius 3 is 2.78 bits per heavy atom. The largest absolute Gasteiger partial charge is 0.504 e. The smallest absolute Gasteiger partial charge is 0.157 e. The van der Waals surface area contributed by atoms with Crippen molar-refractivity contribution in [3.8, 4) is 11.5 Å². The highest BCUT2D eigenvalue weighted by Gasteiger charge is 2.25. The molecule has 4 heteroatoms. The van der Waals surface area contributed by atoms with Gasteiger partial charge in [-0.05, 0) is 44.0 Å². The van der Waals surface area contributed by atoms with E-state index in [1.54, 1.807) is 6.07 Å². The fraction of sp³-hybridized carbons (Fsp3) is 0.571. The summed E-state index contributed by atoms with van der Waals surface area (Å²) in [4.78, 5) is 2.37. The lowest BCUT2D eigenvalue weighted by molar-refractivity contribution is 0.123. The van der Waals surface area contributed by atoms with E-state index in [0.29, 0.717) is 6.04 Å². The lowest BCUT2D eigenvalue weighted by atomic mass is 9.96.